The minimum Gasteiger partial charge on any atom is -0.373 e. The van der Waals surface area contributed by atoms with Crippen molar-refractivity contribution in [1.82, 2.24) is 10.3 Å². The van der Waals surface area contributed by atoms with Crippen molar-refractivity contribution in [2.75, 3.05) is 30.9 Å². The Balaban J connectivity index is 2.19. The van der Waals surface area contributed by atoms with Crippen LogP contribution in [0.3, 0.4) is 0 Å². The zero-order valence-electron chi connectivity index (χ0n) is 11.8. The predicted molar refractivity (Wildman–Crippen MR) is 86.6 cm³/mol. The summed E-state index contributed by atoms with van der Waals surface area (Å²) in [6, 6.07) is 9.74. The summed E-state index contributed by atoms with van der Waals surface area (Å²) < 4.78 is 0. The maximum atomic E-state index is 12.1. The number of aromatic nitrogens is 1. The Labute approximate surface area is 123 Å². The number of fused-ring (bicyclic) bond motifs is 1. The molecule has 106 valence electrons. The van der Waals surface area contributed by atoms with Gasteiger partial charge in [-0.15, -0.1) is 0 Å². The number of nitrogens with zero attached hydrogens (tertiary/aromatic N) is 1. The van der Waals surface area contributed by atoms with Crippen LogP contribution < -0.4 is 10.6 Å². The minimum atomic E-state index is -0.117. The highest BCUT2D eigenvalue weighted by molar-refractivity contribution is 7.98. The van der Waals surface area contributed by atoms with Crippen LogP contribution in [0.15, 0.2) is 30.3 Å². The van der Waals surface area contributed by atoms with Gasteiger partial charge in [0.1, 0.15) is 11.5 Å². The molecule has 0 fully saturated rings. The molecule has 0 saturated carbocycles. The molecule has 20 heavy (non-hydrogen) atoms. The molecule has 0 radical (unpaired) electrons. The second-order valence-electron chi connectivity index (χ2n) is 4.43. The third-order valence-corrected chi connectivity index (χ3v) is 3.72. The Morgan fingerprint density at radius 2 is 2.15 bits per heavy atom. The van der Waals surface area contributed by atoms with Crippen molar-refractivity contribution in [2.45, 2.75) is 6.42 Å². The van der Waals surface area contributed by atoms with Crippen LogP contribution in [0.1, 0.15) is 16.9 Å². The molecule has 1 amide bonds. The van der Waals surface area contributed by atoms with Gasteiger partial charge in [0.15, 0.2) is 0 Å². The molecule has 0 saturated heterocycles. The van der Waals surface area contributed by atoms with Crippen LogP contribution in [0, 0.1) is 0 Å². The van der Waals surface area contributed by atoms with Crippen LogP contribution >= 0.6 is 11.8 Å². The molecule has 1 aromatic carbocycles. The zero-order chi connectivity index (χ0) is 14.4. The van der Waals surface area contributed by atoms with E-state index in [1.165, 1.54) is 0 Å². The predicted octanol–water partition coefficient (Wildman–Crippen LogP) is 2.76. The SMILES string of the molecule is CNc1nc(C(=O)NCCCSC)cc2ccccc12. The molecule has 0 spiro atoms. The first-order valence-electron chi connectivity index (χ1n) is 6.61. The van der Waals surface area contributed by atoms with Crippen molar-refractivity contribution in [3.8, 4) is 0 Å². The van der Waals surface area contributed by atoms with E-state index in [0.717, 1.165) is 28.8 Å². The van der Waals surface area contributed by atoms with Crippen LogP contribution in [-0.2, 0) is 0 Å². The summed E-state index contributed by atoms with van der Waals surface area (Å²) in [5, 5.41) is 7.99. The summed E-state index contributed by atoms with van der Waals surface area (Å²) in [6.45, 7) is 0.684. The number of rotatable bonds is 6. The monoisotopic (exact) mass is 289 g/mol. The average Bonchev–Trinajstić information content (AvgIpc) is 2.50. The summed E-state index contributed by atoms with van der Waals surface area (Å²) in [5.41, 5.74) is 0.456. The fourth-order valence-electron chi connectivity index (χ4n) is 2.01. The fourth-order valence-corrected chi connectivity index (χ4v) is 2.45. The van der Waals surface area contributed by atoms with Crippen molar-refractivity contribution >= 4 is 34.3 Å². The first-order chi connectivity index (χ1) is 9.76. The Hall–Kier alpha value is -1.75. The Morgan fingerprint density at radius 1 is 1.35 bits per heavy atom. The third-order valence-electron chi connectivity index (χ3n) is 3.02. The van der Waals surface area contributed by atoms with Crippen LogP contribution in [0.4, 0.5) is 5.82 Å². The lowest BCUT2D eigenvalue weighted by molar-refractivity contribution is 0.0949. The summed E-state index contributed by atoms with van der Waals surface area (Å²) in [6.07, 6.45) is 3.03. The number of amides is 1. The standard InChI is InChI=1S/C15H19N3OS/c1-16-14-12-7-4-3-6-11(12)10-13(18-14)15(19)17-8-5-9-20-2/h3-4,6-7,10H,5,8-9H2,1-2H3,(H,16,18)(H,17,19). The van der Waals surface area contributed by atoms with E-state index in [0.29, 0.717) is 12.2 Å². The molecule has 2 aromatic rings. The zero-order valence-corrected chi connectivity index (χ0v) is 12.6. The first-order valence-corrected chi connectivity index (χ1v) is 8.00. The van der Waals surface area contributed by atoms with E-state index in [2.05, 4.69) is 21.9 Å². The van der Waals surface area contributed by atoms with Gasteiger partial charge in [0.25, 0.3) is 5.91 Å². The molecule has 2 rings (SSSR count). The molecule has 0 aliphatic heterocycles. The highest BCUT2D eigenvalue weighted by Gasteiger charge is 2.10. The summed E-state index contributed by atoms with van der Waals surface area (Å²) in [5.74, 6) is 1.67. The van der Waals surface area contributed by atoms with Gasteiger partial charge in [-0.05, 0) is 29.9 Å². The second-order valence-corrected chi connectivity index (χ2v) is 5.42. The topological polar surface area (TPSA) is 54.0 Å². The number of hydrogen-bond donors (Lipinski definition) is 2. The van der Waals surface area contributed by atoms with Gasteiger partial charge in [0.05, 0.1) is 0 Å². The Bertz CT molecular complexity index is 601. The number of anilines is 1. The average molecular weight is 289 g/mol. The molecule has 1 heterocycles. The van der Waals surface area contributed by atoms with Gasteiger partial charge in [-0.2, -0.15) is 11.8 Å². The smallest absolute Gasteiger partial charge is 0.269 e. The maximum absolute atomic E-state index is 12.1. The number of pyridine rings is 1. The van der Waals surface area contributed by atoms with Crippen LogP contribution in [-0.4, -0.2) is 36.5 Å². The van der Waals surface area contributed by atoms with Crippen molar-refractivity contribution in [2.24, 2.45) is 0 Å². The first kappa shape index (κ1) is 14.7. The number of carbonyl (C=O) groups excluding carboxylic acids is 1. The quantitative estimate of drug-likeness (QED) is 0.803. The van der Waals surface area contributed by atoms with E-state index in [-0.39, 0.29) is 5.91 Å². The van der Waals surface area contributed by atoms with Crippen molar-refractivity contribution < 1.29 is 4.79 Å². The molecular formula is C15H19N3OS. The second kappa shape index (κ2) is 7.14. The molecular weight excluding hydrogens is 270 g/mol. The number of hydrogen-bond acceptors (Lipinski definition) is 4. The van der Waals surface area contributed by atoms with Gasteiger partial charge >= 0.3 is 0 Å². The van der Waals surface area contributed by atoms with E-state index in [1.807, 2.05) is 37.4 Å². The molecule has 4 nitrogen and oxygen atoms in total. The molecule has 2 N–H and O–H groups in total. The minimum absolute atomic E-state index is 0.117. The lowest BCUT2D eigenvalue weighted by Crippen LogP contribution is -2.26. The number of thioether (sulfide) groups is 1. The highest BCUT2D eigenvalue weighted by Crippen LogP contribution is 2.22. The number of nitrogens with one attached hydrogen (secondary N) is 2. The molecule has 0 aliphatic carbocycles. The third kappa shape index (κ3) is 3.42. The lowest BCUT2D eigenvalue weighted by atomic mass is 10.1. The van der Waals surface area contributed by atoms with Crippen molar-refractivity contribution in [1.29, 1.82) is 0 Å². The molecule has 0 atom stereocenters. The summed E-state index contributed by atoms with van der Waals surface area (Å²) >= 11 is 1.78. The molecule has 0 aliphatic rings. The van der Waals surface area contributed by atoms with Crippen LogP contribution in [0.2, 0.25) is 0 Å². The van der Waals surface area contributed by atoms with Gasteiger partial charge in [0, 0.05) is 19.0 Å². The van der Waals surface area contributed by atoms with Gasteiger partial charge in [-0.1, -0.05) is 24.3 Å². The van der Waals surface area contributed by atoms with Gasteiger partial charge in [-0.25, -0.2) is 4.98 Å². The van der Waals surface area contributed by atoms with Crippen LogP contribution in [0.5, 0.6) is 0 Å². The van der Waals surface area contributed by atoms with E-state index >= 15 is 0 Å². The van der Waals surface area contributed by atoms with E-state index in [4.69, 9.17) is 0 Å². The van der Waals surface area contributed by atoms with Crippen molar-refractivity contribution in [3.05, 3.63) is 36.0 Å². The normalized spacial score (nSPS) is 10.5. The van der Waals surface area contributed by atoms with E-state index < -0.39 is 0 Å². The van der Waals surface area contributed by atoms with Gasteiger partial charge < -0.3 is 10.6 Å². The van der Waals surface area contributed by atoms with Gasteiger partial charge in [-0.3, -0.25) is 4.79 Å². The summed E-state index contributed by atoms with van der Waals surface area (Å²) in [7, 11) is 1.81. The highest BCUT2D eigenvalue weighted by atomic mass is 32.2. The van der Waals surface area contributed by atoms with Crippen molar-refractivity contribution in [3.63, 3.8) is 0 Å². The van der Waals surface area contributed by atoms with Gasteiger partial charge in [0.2, 0.25) is 0 Å². The largest absolute Gasteiger partial charge is 0.373 e. The lowest BCUT2D eigenvalue weighted by Gasteiger charge is -2.09. The van der Waals surface area contributed by atoms with E-state index in [9.17, 15) is 4.79 Å². The van der Waals surface area contributed by atoms with E-state index in [1.54, 1.807) is 11.8 Å². The maximum Gasteiger partial charge on any atom is 0.269 e. The molecule has 0 unspecified atom stereocenters. The Morgan fingerprint density at radius 3 is 2.90 bits per heavy atom. The molecule has 5 heteroatoms. The Kier molecular flexibility index (Phi) is 5.24. The molecule has 1 aromatic heterocycles. The number of carbonyl (C=O) groups is 1. The summed E-state index contributed by atoms with van der Waals surface area (Å²) in [4.78, 5) is 16.5. The number of benzene rings is 1. The van der Waals surface area contributed by atoms with Crippen LogP contribution in [0.25, 0.3) is 10.8 Å². The molecule has 0 bridgehead atoms. The fraction of sp³-hybridized carbons (Fsp3) is 0.333.